The zero-order valence-electron chi connectivity index (χ0n) is 12.6. The van der Waals surface area contributed by atoms with Gasteiger partial charge in [0.1, 0.15) is 4.90 Å². The van der Waals surface area contributed by atoms with Crippen LogP contribution in [-0.2, 0) is 10.0 Å². The minimum atomic E-state index is -3.83. The van der Waals surface area contributed by atoms with Crippen LogP contribution in [0, 0.1) is 11.3 Å². The molecule has 0 atom stereocenters. The molecule has 1 rings (SSSR count). The van der Waals surface area contributed by atoms with E-state index in [0.29, 0.717) is 18.5 Å². The number of nitrogens with one attached hydrogen (secondary N) is 2. The predicted molar refractivity (Wildman–Crippen MR) is 82.8 cm³/mol. The highest BCUT2D eigenvalue weighted by atomic mass is 32.2. The third-order valence-corrected chi connectivity index (χ3v) is 4.20. The summed E-state index contributed by atoms with van der Waals surface area (Å²) in [6.07, 6.45) is 0.452. The molecule has 0 amide bonds. The van der Waals surface area contributed by atoms with Crippen molar-refractivity contribution in [1.29, 1.82) is 5.26 Å². The smallest absolute Gasteiger partial charge is 0.242 e. The quantitative estimate of drug-likeness (QED) is 0.513. The Bertz CT molecular complexity index is 645. The van der Waals surface area contributed by atoms with Crippen LogP contribution in [0.4, 0.5) is 5.69 Å². The van der Waals surface area contributed by atoms with E-state index in [1.165, 1.54) is 32.0 Å². The first-order chi connectivity index (χ1) is 10.2. The van der Waals surface area contributed by atoms with Gasteiger partial charge in [-0.2, -0.15) is 5.26 Å². The molecule has 1 aromatic carbocycles. The maximum absolute atomic E-state index is 12.3. The summed E-state index contributed by atoms with van der Waals surface area (Å²) in [6, 6.07) is 6.14. The van der Waals surface area contributed by atoms with E-state index in [1.54, 1.807) is 0 Å². The zero-order valence-corrected chi connectivity index (χ0v) is 13.4. The van der Waals surface area contributed by atoms with Crippen LogP contribution in [-0.4, -0.2) is 43.9 Å². The summed E-state index contributed by atoms with van der Waals surface area (Å²) < 4.78 is 27.0. The van der Waals surface area contributed by atoms with Gasteiger partial charge >= 0.3 is 0 Å². The molecule has 0 aliphatic carbocycles. The van der Waals surface area contributed by atoms with Gasteiger partial charge in [-0.1, -0.05) is 0 Å². The van der Waals surface area contributed by atoms with Crippen LogP contribution in [0.25, 0.3) is 0 Å². The monoisotopic (exact) mass is 327 g/mol. The molecule has 0 radical (unpaired) electrons. The Morgan fingerprint density at radius 2 is 2.05 bits per heavy atom. The minimum Gasteiger partial charge on any atom is -0.396 e. The molecular weight excluding hydrogens is 306 g/mol. The Morgan fingerprint density at radius 3 is 2.59 bits per heavy atom. The Balaban J connectivity index is 3.08. The average molecular weight is 327 g/mol. The van der Waals surface area contributed by atoms with Crippen molar-refractivity contribution >= 4 is 15.7 Å². The molecular formula is C14H21N3O4S. The van der Waals surface area contributed by atoms with Gasteiger partial charge in [-0.05, 0) is 38.5 Å². The average Bonchev–Trinajstić information content (AvgIpc) is 2.44. The lowest BCUT2D eigenvalue weighted by Crippen LogP contribution is -2.38. The van der Waals surface area contributed by atoms with Crippen molar-refractivity contribution in [3.05, 3.63) is 23.8 Å². The van der Waals surface area contributed by atoms with Crippen LogP contribution in [0.1, 0.15) is 25.8 Å². The Hall–Kier alpha value is -1.66. The van der Waals surface area contributed by atoms with E-state index >= 15 is 0 Å². The number of hydrogen-bond acceptors (Lipinski definition) is 6. The highest BCUT2D eigenvalue weighted by molar-refractivity contribution is 7.89. The molecule has 0 saturated carbocycles. The maximum Gasteiger partial charge on any atom is 0.242 e. The Kier molecular flexibility index (Phi) is 6.32. The molecule has 4 N–H and O–H groups in total. The molecule has 7 nitrogen and oxygen atoms in total. The fraction of sp³-hybridized carbons (Fsp3) is 0.500. The number of benzene rings is 1. The number of anilines is 1. The van der Waals surface area contributed by atoms with Gasteiger partial charge in [0.25, 0.3) is 0 Å². The lowest BCUT2D eigenvalue weighted by atomic mass is 10.1. The number of nitrogens with zero attached hydrogens (tertiary/aromatic N) is 1. The molecule has 0 heterocycles. The van der Waals surface area contributed by atoms with E-state index < -0.39 is 15.6 Å². The van der Waals surface area contributed by atoms with Crippen molar-refractivity contribution < 1.29 is 18.6 Å². The first kappa shape index (κ1) is 18.4. The third-order valence-electron chi connectivity index (χ3n) is 2.74. The summed E-state index contributed by atoms with van der Waals surface area (Å²) in [6.45, 7) is 3.21. The van der Waals surface area contributed by atoms with E-state index in [0.717, 1.165) is 0 Å². The first-order valence-electron chi connectivity index (χ1n) is 6.80. The van der Waals surface area contributed by atoms with Crippen LogP contribution in [0.15, 0.2) is 23.1 Å². The molecule has 0 spiro atoms. The number of rotatable bonds is 8. The normalized spacial score (nSPS) is 12.0. The van der Waals surface area contributed by atoms with Crippen LogP contribution >= 0.6 is 0 Å². The lowest BCUT2D eigenvalue weighted by Gasteiger charge is -2.19. The molecule has 0 saturated heterocycles. The van der Waals surface area contributed by atoms with Crippen molar-refractivity contribution in [3.63, 3.8) is 0 Å². The van der Waals surface area contributed by atoms with Gasteiger partial charge in [0.2, 0.25) is 10.0 Å². The number of aliphatic hydroxyl groups excluding tert-OH is 1. The van der Waals surface area contributed by atoms with E-state index in [2.05, 4.69) is 10.0 Å². The Labute approximate surface area is 130 Å². The molecule has 1 aromatic rings. The highest BCUT2D eigenvalue weighted by Crippen LogP contribution is 2.23. The zero-order chi connectivity index (χ0) is 16.8. The second-order valence-electron chi connectivity index (χ2n) is 5.46. The van der Waals surface area contributed by atoms with Crippen molar-refractivity contribution in [2.24, 2.45) is 0 Å². The van der Waals surface area contributed by atoms with Gasteiger partial charge in [0.15, 0.2) is 0 Å². The molecule has 0 fully saturated rings. The Morgan fingerprint density at radius 1 is 1.36 bits per heavy atom. The third kappa shape index (κ3) is 5.61. The molecule has 0 bridgehead atoms. The minimum absolute atomic E-state index is 0.00584. The van der Waals surface area contributed by atoms with Gasteiger partial charge in [0.05, 0.1) is 22.9 Å². The second kappa shape index (κ2) is 7.56. The lowest BCUT2D eigenvalue weighted by molar-refractivity contribution is 0.0857. The SMILES string of the molecule is CC(C)(O)CNS(=O)(=O)c1ccc(C#N)cc1NCCCO. The number of aliphatic hydroxyl groups is 2. The van der Waals surface area contributed by atoms with E-state index in [-0.39, 0.29) is 23.7 Å². The maximum atomic E-state index is 12.3. The van der Waals surface area contributed by atoms with Crippen molar-refractivity contribution in [3.8, 4) is 6.07 Å². The van der Waals surface area contributed by atoms with Crippen LogP contribution in [0.2, 0.25) is 0 Å². The fourth-order valence-corrected chi connectivity index (χ4v) is 2.99. The molecule has 122 valence electrons. The second-order valence-corrected chi connectivity index (χ2v) is 7.20. The molecule has 0 aliphatic heterocycles. The summed E-state index contributed by atoms with van der Waals surface area (Å²) >= 11 is 0. The van der Waals surface area contributed by atoms with Gasteiger partial charge in [-0.3, -0.25) is 0 Å². The highest BCUT2D eigenvalue weighted by Gasteiger charge is 2.22. The van der Waals surface area contributed by atoms with Gasteiger partial charge < -0.3 is 15.5 Å². The molecule has 0 aliphatic rings. The van der Waals surface area contributed by atoms with E-state index in [9.17, 15) is 13.5 Å². The largest absolute Gasteiger partial charge is 0.396 e. The summed E-state index contributed by atoms with van der Waals surface area (Å²) in [7, 11) is -3.83. The molecule has 0 unspecified atom stereocenters. The standard InChI is InChI=1S/C14H21N3O4S/c1-14(2,19)10-17-22(20,21)13-5-4-11(9-15)8-12(13)16-6-3-7-18/h4-5,8,16-19H,3,6-7,10H2,1-2H3. The van der Waals surface area contributed by atoms with Gasteiger partial charge in [0, 0.05) is 19.7 Å². The molecule has 0 aromatic heterocycles. The summed E-state index contributed by atoms with van der Waals surface area (Å²) in [4.78, 5) is -0.00584. The summed E-state index contributed by atoms with van der Waals surface area (Å²) in [5.74, 6) is 0. The predicted octanol–water partition coefficient (Wildman–Crippen LogP) is 0.402. The van der Waals surface area contributed by atoms with Gasteiger partial charge in [-0.25, -0.2) is 13.1 Å². The first-order valence-corrected chi connectivity index (χ1v) is 8.29. The van der Waals surface area contributed by atoms with Crippen LogP contribution < -0.4 is 10.0 Å². The van der Waals surface area contributed by atoms with Gasteiger partial charge in [-0.15, -0.1) is 0 Å². The molecule has 22 heavy (non-hydrogen) atoms. The molecule has 8 heteroatoms. The van der Waals surface area contributed by atoms with Crippen molar-refractivity contribution in [1.82, 2.24) is 4.72 Å². The van der Waals surface area contributed by atoms with E-state index in [4.69, 9.17) is 10.4 Å². The van der Waals surface area contributed by atoms with Crippen molar-refractivity contribution in [2.45, 2.75) is 30.8 Å². The van der Waals surface area contributed by atoms with Crippen molar-refractivity contribution in [2.75, 3.05) is 25.0 Å². The summed E-state index contributed by atoms with van der Waals surface area (Å²) in [5, 5.41) is 30.3. The number of hydrogen-bond donors (Lipinski definition) is 4. The number of sulfonamides is 1. The number of nitriles is 1. The fourth-order valence-electron chi connectivity index (χ4n) is 1.62. The summed E-state index contributed by atoms with van der Waals surface area (Å²) in [5.41, 5.74) is -0.562. The topological polar surface area (TPSA) is 122 Å². The van der Waals surface area contributed by atoms with Crippen LogP contribution in [0.3, 0.4) is 0 Å². The van der Waals surface area contributed by atoms with Crippen LogP contribution in [0.5, 0.6) is 0 Å². The van der Waals surface area contributed by atoms with E-state index in [1.807, 2.05) is 6.07 Å².